The summed E-state index contributed by atoms with van der Waals surface area (Å²) in [5.41, 5.74) is 1.29. The van der Waals surface area contributed by atoms with Crippen molar-refractivity contribution in [2.75, 3.05) is 0 Å². The molecule has 0 amide bonds. The summed E-state index contributed by atoms with van der Waals surface area (Å²) in [6.07, 6.45) is 22.8. The van der Waals surface area contributed by atoms with E-state index in [1.165, 1.54) is 63.5 Å². The molecule has 0 spiro atoms. The molecule has 1 heterocycles. The van der Waals surface area contributed by atoms with Gasteiger partial charge >= 0.3 is 0 Å². The Balaban J connectivity index is 1.42. The maximum Gasteiger partial charge on any atom is 0.0921 e. The van der Waals surface area contributed by atoms with Crippen LogP contribution < -0.4 is 0 Å². The van der Waals surface area contributed by atoms with Gasteiger partial charge in [-0.1, -0.05) is 44.3 Å². The number of hydrogen-bond acceptors (Lipinski definition) is 1. The van der Waals surface area contributed by atoms with Crippen LogP contribution in [-0.2, 0) is 6.42 Å². The fourth-order valence-electron chi connectivity index (χ4n) is 3.65. The van der Waals surface area contributed by atoms with E-state index in [0.717, 1.165) is 24.2 Å². The molecular formula is C18H28N2. The zero-order valence-electron chi connectivity index (χ0n) is 12.6. The summed E-state index contributed by atoms with van der Waals surface area (Å²) in [5, 5.41) is 0. The Kier molecular flexibility index (Phi) is 4.94. The van der Waals surface area contributed by atoms with Gasteiger partial charge < -0.3 is 4.98 Å². The minimum absolute atomic E-state index is 0.738. The molecule has 1 atom stereocenters. The fourth-order valence-corrected chi connectivity index (χ4v) is 3.65. The number of hydrogen-bond donors (Lipinski definition) is 1. The van der Waals surface area contributed by atoms with Crippen molar-refractivity contribution in [3.05, 3.63) is 30.4 Å². The van der Waals surface area contributed by atoms with Gasteiger partial charge in [-0.25, -0.2) is 4.98 Å². The quantitative estimate of drug-likeness (QED) is 0.703. The Morgan fingerprint density at radius 3 is 2.75 bits per heavy atom. The number of nitrogens with one attached hydrogen (secondary N) is 1. The van der Waals surface area contributed by atoms with Gasteiger partial charge in [0.25, 0.3) is 0 Å². The van der Waals surface area contributed by atoms with Crippen LogP contribution in [-0.4, -0.2) is 9.97 Å². The van der Waals surface area contributed by atoms with Gasteiger partial charge in [-0.3, -0.25) is 0 Å². The van der Waals surface area contributed by atoms with E-state index < -0.39 is 0 Å². The SMILES string of the molecule is C(=C[C@H](Cc1cnc[nH]1)C1CC1)CCC1CCCCC1. The Labute approximate surface area is 123 Å². The molecule has 1 aromatic heterocycles. The van der Waals surface area contributed by atoms with Gasteiger partial charge in [0.1, 0.15) is 0 Å². The number of allylic oxidation sites excluding steroid dienone is 2. The number of aromatic amines is 1. The molecule has 2 aliphatic carbocycles. The average molecular weight is 272 g/mol. The highest BCUT2D eigenvalue weighted by atomic mass is 14.9. The van der Waals surface area contributed by atoms with Crippen LogP contribution in [0.2, 0.25) is 0 Å². The first-order valence-electron chi connectivity index (χ1n) is 8.56. The van der Waals surface area contributed by atoms with Gasteiger partial charge in [0.2, 0.25) is 0 Å². The van der Waals surface area contributed by atoms with E-state index in [1.807, 2.05) is 6.20 Å². The first kappa shape index (κ1) is 13.9. The molecule has 0 aromatic carbocycles. The molecule has 2 nitrogen and oxygen atoms in total. The molecule has 110 valence electrons. The summed E-state index contributed by atoms with van der Waals surface area (Å²) in [5.74, 6) is 2.69. The molecule has 2 heteroatoms. The number of imidazole rings is 1. The third-order valence-electron chi connectivity index (χ3n) is 5.09. The Hall–Kier alpha value is -1.05. The molecule has 1 N–H and O–H groups in total. The van der Waals surface area contributed by atoms with Gasteiger partial charge in [-0.05, 0) is 49.9 Å². The minimum atomic E-state index is 0.738. The molecule has 0 bridgehead atoms. The molecule has 3 rings (SSSR count). The third-order valence-corrected chi connectivity index (χ3v) is 5.09. The number of aromatic nitrogens is 2. The van der Waals surface area contributed by atoms with E-state index in [2.05, 4.69) is 22.1 Å². The van der Waals surface area contributed by atoms with E-state index >= 15 is 0 Å². The molecule has 1 aromatic rings. The second kappa shape index (κ2) is 7.10. The summed E-state index contributed by atoms with van der Waals surface area (Å²) in [6.45, 7) is 0. The second-order valence-corrected chi connectivity index (χ2v) is 6.79. The molecule has 0 radical (unpaired) electrons. The van der Waals surface area contributed by atoms with Crippen LogP contribution in [0.25, 0.3) is 0 Å². The van der Waals surface area contributed by atoms with Crippen molar-refractivity contribution in [3.63, 3.8) is 0 Å². The largest absolute Gasteiger partial charge is 0.348 e. The van der Waals surface area contributed by atoms with E-state index in [1.54, 1.807) is 6.33 Å². The summed E-state index contributed by atoms with van der Waals surface area (Å²) < 4.78 is 0. The highest BCUT2D eigenvalue weighted by Gasteiger charge is 2.29. The first-order valence-corrected chi connectivity index (χ1v) is 8.56. The highest BCUT2D eigenvalue weighted by molar-refractivity contribution is 5.05. The van der Waals surface area contributed by atoms with Crippen LogP contribution in [0.15, 0.2) is 24.7 Å². The van der Waals surface area contributed by atoms with Crippen molar-refractivity contribution in [1.29, 1.82) is 0 Å². The van der Waals surface area contributed by atoms with Crippen LogP contribution >= 0.6 is 0 Å². The summed E-state index contributed by atoms with van der Waals surface area (Å²) >= 11 is 0. The number of H-pyrrole nitrogens is 1. The smallest absolute Gasteiger partial charge is 0.0921 e. The van der Waals surface area contributed by atoms with Crippen LogP contribution in [0.4, 0.5) is 0 Å². The molecule has 0 saturated heterocycles. The summed E-state index contributed by atoms with van der Waals surface area (Å²) in [6, 6.07) is 0. The standard InChI is InChI=1S/C18H28N2/c1-2-6-15(7-3-1)8-4-5-9-17(16-10-11-16)12-18-13-19-14-20-18/h5,9,13-17H,1-4,6-8,10-12H2,(H,19,20)/t17-/m1/s1. The van der Waals surface area contributed by atoms with Gasteiger partial charge in [0, 0.05) is 11.9 Å². The predicted octanol–water partition coefficient (Wildman–Crippen LogP) is 4.90. The lowest BCUT2D eigenvalue weighted by atomic mass is 9.86. The van der Waals surface area contributed by atoms with Crippen molar-refractivity contribution in [2.45, 2.75) is 64.2 Å². The fraction of sp³-hybridized carbons (Fsp3) is 0.722. The van der Waals surface area contributed by atoms with Crippen molar-refractivity contribution in [3.8, 4) is 0 Å². The van der Waals surface area contributed by atoms with Gasteiger partial charge in [-0.2, -0.15) is 0 Å². The van der Waals surface area contributed by atoms with Crippen molar-refractivity contribution >= 4 is 0 Å². The highest BCUT2D eigenvalue weighted by Crippen LogP contribution is 2.39. The molecule has 0 aliphatic heterocycles. The number of nitrogens with zero attached hydrogens (tertiary/aromatic N) is 1. The Morgan fingerprint density at radius 2 is 2.05 bits per heavy atom. The van der Waals surface area contributed by atoms with E-state index in [-0.39, 0.29) is 0 Å². The lowest BCUT2D eigenvalue weighted by Gasteiger charge is -2.20. The van der Waals surface area contributed by atoms with Crippen LogP contribution in [0.1, 0.15) is 63.5 Å². The average Bonchev–Trinajstić information content (AvgIpc) is 3.21. The normalized spacial score (nSPS) is 22.4. The second-order valence-electron chi connectivity index (χ2n) is 6.79. The van der Waals surface area contributed by atoms with E-state index in [4.69, 9.17) is 0 Å². The zero-order chi connectivity index (χ0) is 13.6. The van der Waals surface area contributed by atoms with Crippen molar-refractivity contribution in [1.82, 2.24) is 9.97 Å². The van der Waals surface area contributed by atoms with Crippen molar-refractivity contribution in [2.24, 2.45) is 17.8 Å². The van der Waals surface area contributed by atoms with Crippen LogP contribution in [0.3, 0.4) is 0 Å². The summed E-state index contributed by atoms with van der Waals surface area (Å²) in [4.78, 5) is 7.38. The van der Waals surface area contributed by atoms with E-state index in [0.29, 0.717) is 0 Å². The van der Waals surface area contributed by atoms with Crippen LogP contribution in [0, 0.1) is 17.8 Å². The molecule has 2 aliphatic rings. The molecule has 20 heavy (non-hydrogen) atoms. The first-order chi connectivity index (χ1) is 9.92. The number of rotatable bonds is 7. The van der Waals surface area contributed by atoms with Gasteiger partial charge in [0.15, 0.2) is 0 Å². The minimum Gasteiger partial charge on any atom is -0.348 e. The maximum absolute atomic E-state index is 4.13. The van der Waals surface area contributed by atoms with Crippen molar-refractivity contribution < 1.29 is 0 Å². The van der Waals surface area contributed by atoms with Crippen LogP contribution in [0.5, 0.6) is 0 Å². The predicted molar refractivity (Wildman–Crippen MR) is 83.5 cm³/mol. The molecule has 0 unspecified atom stereocenters. The topological polar surface area (TPSA) is 28.7 Å². The van der Waals surface area contributed by atoms with E-state index in [9.17, 15) is 0 Å². The summed E-state index contributed by atoms with van der Waals surface area (Å²) in [7, 11) is 0. The monoisotopic (exact) mass is 272 g/mol. The third kappa shape index (κ3) is 4.22. The van der Waals surface area contributed by atoms with Gasteiger partial charge in [-0.15, -0.1) is 0 Å². The Bertz CT molecular complexity index is 397. The Morgan fingerprint density at radius 1 is 1.20 bits per heavy atom. The lowest BCUT2D eigenvalue weighted by molar-refractivity contribution is 0.341. The molecule has 2 fully saturated rings. The lowest BCUT2D eigenvalue weighted by Crippen LogP contribution is -2.06. The molecule has 2 saturated carbocycles. The van der Waals surface area contributed by atoms with Gasteiger partial charge in [0.05, 0.1) is 6.33 Å². The molecular weight excluding hydrogens is 244 g/mol. The maximum atomic E-state index is 4.13. The zero-order valence-corrected chi connectivity index (χ0v) is 12.6.